The van der Waals surface area contributed by atoms with Gasteiger partial charge in [0.05, 0.1) is 27.4 Å². The van der Waals surface area contributed by atoms with E-state index in [1.807, 2.05) is 43.0 Å². The predicted octanol–water partition coefficient (Wildman–Crippen LogP) is 5.09. The fourth-order valence-corrected chi connectivity index (χ4v) is 4.53. The summed E-state index contributed by atoms with van der Waals surface area (Å²) in [6.45, 7) is 8.16. The summed E-state index contributed by atoms with van der Waals surface area (Å²) < 4.78 is 1.79. The molecule has 146 valence electrons. The van der Waals surface area contributed by atoms with Crippen molar-refractivity contribution in [1.29, 1.82) is 0 Å². The summed E-state index contributed by atoms with van der Waals surface area (Å²) in [5, 5.41) is 5.82. The number of likely N-dealkylation sites (tertiary alicyclic amines) is 1. The van der Waals surface area contributed by atoms with Crippen molar-refractivity contribution in [3.05, 3.63) is 52.3 Å². The molecule has 6 heteroatoms. The number of fused-ring (bicyclic) bond motifs is 1. The highest BCUT2D eigenvalue weighted by molar-refractivity contribution is 6.38. The van der Waals surface area contributed by atoms with Crippen LogP contribution in [0.3, 0.4) is 0 Å². The van der Waals surface area contributed by atoms with E-state index in [0.717, 1.165) is 36.0 Å². The first-order valence-corrected chi connectivity index (χ1v) is 10.2. The maximum atomic E-state index is 13.3. The van der Waals surface area contributed by atoms with Crippen LogP contribution in [-0.2, 0) is 0 Å². The Labute approximate surface area is 170 Å². The molecule has 3 heterocycles. The first-order valence-electron chi connectivity index (χ1n) is 9.82. The molecule has 1 aliphatic rings. The third kappa shape index (κ3) is 3.08. The van der Waals surface area contributed by atoms with Crippen LogP contribution in [0.15, 0.2) is 30.5 Å². The molecule has 1 amide bonds. The van der Waals surface area contributed by atoms with E-state index in [2.05, 4.69) is 23.9 Å². The zero-order valence-corrected chi connectivity index (χ0v) is 17.5. The fourth-order valence-electron chi connectivity index (χ4n) is 4.18. The van der Waals surface area contributed by atoms with E-state index in [4.69, 9.17) is 11.6 Å². The van der Waals surface area contributed by atoms with Gasteiger partial charge in [0.1, 0.15) is 0 Å². The Kier molecular flexibility index (Phi) is 4.88. The zero-order chi connectivity index (χ0) is 20.0. The van der Waals surface area contributed by atoms with Gasteiger partial charge in [0.15, 0.2) is 5.65 Å². The van der Waals surface area contributed by atoms with Crippen molar-refractivity contribution in [1.82, 2.24) is 19.7 Å². The molecule has 2 atom stereocenters. The minimum absolute atomic E-state index is 0.0402. The van der Waals surface area contributed by atoms with Crippen LogP contribution >= 0.6 is 11.6 Å². The van der Waals surface area contributed by atoms with Gasteiger partial charge in [-0.1, -0.05) is 29.3 Å². The molecular formula is C22H25ClN4O. The molecule has 0 spiro atoms. The lowest BCUT2D eigenvalue weighted by Crippen LogP contribution is -2.47. The fraction of sp³-hybridized carbons (Fsp3) is 0.409. The van der Waals surface area contributed by atoms with Gasteiger partial charge in [-0.3, -0.25) is 4.79 Å². The standard InChI is InChI=1S/C22H25ClN4O/c1-13-8-10-17(11-9-13)27-21-19(16(4)25-27)20(23)18(12-24-21)22(28)26-14(2)6-5-7-15(26)3/h8-12,14-15H,5-7H2,1-4H3/t14-,15+. The van der Waals surface area contributed by atoms with E-state index in [1.165, 1.54) is 5.56 Å². The van der Waals surface area contributed by atoms with Gasteiger partial charge in [-0.05, 0) is 59.1 Å². The van der Waals surface area contributed by atoms with E-state index in [-0.39, 0.29) is 18.0 Å². The monoisotopic (exact) mass is 396 g/mol. The van der Waals surface area contributed by atoms with Crippen LogP contribution in [-0.4, -0.2) is 37.7 Å². The van der Waals surface area contributed by atoms with E-state index in [1.54, 1.807) is 10.9 Å². The van der Waals surface area contributed by atoms with Crippen LogP contribution in [0.25, 0.3) is 16.7 Å². The van der Waals surface area contributed by atoms with E-state index < -0.39 is 0 Å². The molecule has 0 bridgehead atoms. The lowest BCUT2D eigenvalue weighted by atomic mass is 9.96. The molecule has 1 saturated heterocycles. The number of aromatic nitrogens is 3. The second-order valence-corrected chi connectivity index (χ2v) is 8.24. The normalized spacial score (nSPS) is 20.0. The average molecular weight is 397 g/mol. The molecular weight excluding hydrogens is 372 g/mol. The Morgan fingerprint density at radius 2 is 1.75 bits per heavy atom. The number of rotatable bonds is 2. The zero-order valence-electron chi connectivity index (χ0n) is 16.7. The van der Waals surface area contributed by atoms with Crippen LogP contribution in [0.2, 0.25) is 5.02 Å². The second kappa shape index (κ2) is 7.21. The summed E-state index contributed by atoms with van der Waals surface area (Å²) in [6.07, 6.45) is 4.80. The maximum absolute atomic E-state index is 13.3. The van der Waals surface area contributed by atoms with Crippen LogP contribution in [0.5, 0.6) is 0 Å². The number of halogens is 1. The van der Waals surface area contributed by atoms with Crippen molar-refractivity contribution >= 4 is 28.5 Å². The van der Waals surface area contributed by atoms with Crippen molar-refractivity contribution in [3.63, 3.8) is 0 Å². The molecule has 1 fully saturated rings. The third-order valence-electron chi connectivity index (χ3n) is 5.74. The van der Waals surface area contributed by atoms with Crippen molar-refractivity contribution in [2.45, 2.75) is 59.0 Å². The van der Waals surface area contributed by atoms with Gasteiger partial charge in [0.25, 0.3) is 5.91 Å². The molecule has 5 nitrogen and oxygen atoms in total. The topological polar surface area (TPSA) is 51.0 Å². The summed E-state index contributed by atoms with van der Waals surface area (Å²) in [7, 11) is 0. The van der Waals surface area contributed by atoms with E-state index in [0.29, 0.717) is 16.2 Å². The Morgan fingerprint density at radius 1 is 1.11 bits per heavy atom. The lowest BCUT2D eigenvalue weighted by molar-refractivity contribution is 0.0510. The van der Waals surface area contributed by atoms with Crippen molar-refractivity contribution in [2.24, 2.45) is 0 Å². The number of hydrogen-bond acceptors (Lipinski definition) is 3. The Hall–Kier alpha value is -2.40. The van der Waals surface area contributed by atoms with Crippen LogP contribution in [0, 0.1) is 13.8 Å². The number of piperidine rings is 1. The molecule has 0 N–H and O–H groups in total. The molecule has 1 aromatic carbocycles. The minimum atomic E-state index is -0.0402. The number of carbonyl (C=O) groups excluding carboxylic acids is 1. The molecule has 4 rings (SSSR count). The summed E-state index contributed by atoms with van der Waals surface area (Å²) in [6, 6.07) is 8.51. The first-order chi connectivity index (χ1) is 13.4. The first kappa shape index (κ1) is 18.9. The Morgan fingerprint density at radius 3 is 2.39 bits per heavy atom. The van der Waals surface area contributed by atoms with Gasteiger partial charge < -0.3 is 4.90 Å². The number of nitrogens with zero attached hydrogens (tertiary/aromatic N) is 4. The maximum Gasteiger partial charge on any atom is 0.257 e. The highest BCUT2D eigenvalue weighted by Gasteiger charge is 2.32. The highest BCUT2D eigenvalue weighted by Crippen LogP contribution is 2.32. The predicted molar refractivity (Wildman–Crippen MR) is 112 cm³/mol. The van der Waals surface area contributed by atoms with E-state index >= 15 is 0 Å². The second-order valence-electron chi connectivity index (χ2n) is 7.86. The minimum Gasteiger partial charge on any atom is -0.333 e. The number of pyridine rings is 1. The molecule has 1 aliphatic heterocycles. The smallest absolute Gasteiger partial charge is 0.257 e. The molecule has 0 unspecified atom stereocenters. The van der Waals surface area contributed by atoms with Gasteiger partial charge in [0.2, 0.25) is 0 Å². The largest absolute Gasteiger partial charge is 0.333 e. The molecule has 0 saturated carbocycles. The van der Waals surface area contributed by atoms with Crippen LogP contribution < -0.4 is 0 Å². The van der Waals surface area contributed by atoms with Gasteiger partial charge >= 0.3 is 0 Å². The SMILES string of the molecule is Cc1ccc(-n2nc(C)c3c(Cl)c(C(=O)N4[C@H](C)CCC[C@@H]4C)cnc32)cc1. The molecule has 3 aromatic rings. The number of benzene rings is 1. The third-order valence-corrected chi connectivity index (χ3v) is 6.14. The quantitative estimate of drug-likeness (QED) is 0.605. The molecule has 2 aromatic heterocycles. The molecule has 28 heavy (non-hydrogen) atoms. The number of amides is 1. The summed E-state index contributed by atoms with van der Waals surface area (Å²) >= 11 is 6.74. The van der Waals surface area contributed by atoms with Crippen molar-refractivity contribution < 1.29 is 4.79 Å². The van der Waals surface area contributed by atoms with Crippen LogP contribution in [0.4, 0.5) is 0 Å². The molecule has 0 radical (unpaired) electrons. The van der Waals surface area contributed by atoms with Crippen molar-refractivity contribution in [2.75, 3.05) is 0 Å². The van der Waals surface area contributed by atoms with Gasteiger partial charge in [0, 0.05) is 18.3 Å². The lowest BCUT2D eigenvalue weighted by Gasteiger charge is -2.39. The van der Waals surface area contributed by atoms with Gasteiger partial charge in [-0.2, -0.15) is 5.10 Å². The summed E-state index contributed by atoms with van der Waals surface area (Å²) in [4.78, 5) is 19.8. The summed E-state index contributed by atoms with van der Waals surface area (Å²) in [5.41, 5.74) is 4.00. The van der Waals surface area contributed by atoms with Crippen molar-refractivity contribution in [3.8, 4) is 5.69 Å². The van der Waals surface area contributed by atoms with E-state index in [9.17, 15) is 4.79 Å². The highest BCUT2D eigenvalue weighted by atomic mass is 35.5. The number of carbonyl (C=O) groups is 1. The van der Waals surface area contributed by atoms with Gasteiger partial charge in [-0.25, -0.2) is 9.67 Å². The number of aryl methyl sites for hydroxylation is 2. The Balaban J connectivity index is 1.80. The molecule has 0 aliphatic carbocycles. The Bertz CT molecular complexity index is 1030. The number of hydrogen-bond donors (Lipinski definition) is 0. The van der Waals surface area contributed by atoms with Gasteiger partial charge in [-0.15, -0.1) is 0 Å². The summed E-state index contributed by atoms with van der Waals surface area (Å²) in [5.74, 6) is -0.0402. The van der Waals surface area contributed by atoms with Crippen LogP contribution in [0.1, 0.15) is 54.7 Å². The average Bonchev–Trinajstić information content (AvgIpc) is 3.00.